The monoisotopic (exact) mass is 429 g/mol. The van der Waals surface area contributed by atoms with Crippen LogP contribution in [0.5, 0.6) is 0 Å². The Morgan fingerprint density at radius 1 is 1.13 bits per heavy atom. The summed E-state index contributed by atoms with van der Waals surface area (Å²) in [4.78, 5) is 2.26. The fraction of sp³-hybridized carbons (Fsp3) is 0.522. The van der Waals surface area contributed by atoms with Gasteiger partial charge in [-0.25, -0.2) is 0 Å². The molecule has 0 spiro atoms. The molecule has 4 rings (SSSR count). The summed E-state index contributed by atoms with van der Waals surface area (Å²) >= 11 is 1.66. The summed E-state index contributed by atoms with van der Waals surface area (Å²) in [7, 11) is 0. The molecular weight excluding hydrogens is 402 g/mol. The van der Waals surface area contributed by atoms with E-state index >= 15 is 0 Å². The average molecular weight is 430 g/mol. The molecule has 0 amide bonds. The fourth-order valence-corrected chi connectivity index (χ4v) is 5.42. The number of thiophene rings is 1. The SMILES string of the molecule is Cc1cc(CO)c([C@@H]2O[C@H](C)[C@@H](O)[C@H](O)[C@H]2O)cc1Cc1ccc(C2(C#N)CC2)s1. The molecule has 2 aromatic rings. The largest absolute Gasteiger partial charge is 0.392 e. The van der Waals surface area contributed by atoms with Crippen LogP contribution in [0.25, 0.3) is 0 Å². The lowest BCUT2D eigenvalue weighted by Crippen LogP contribution is -2.53. The van der Waals surface area contributed by atoms with Gasteiger partial charge >= 0.3 is 0 Å². The van der Waals surface area contributed by atoms with E-state index in [9.17, 15) is 25.7 Å². The van der Waals surface area contributed by atoms with Crippen molar-refractivity contribution in [3.05, 3.63) is 56.3 Å². The van der Waals surface area contributed by atoms with Crippen LogP contribution in [0.2, 0.25) is 0 Å². The lowest BCUT2D eigenvalue weighted by Gasteiger charge is -2.40. The predicted octanol–water partition coefficient (Wildman–Crippen LogP) is 2.24. The average Bonchev–Trinajstić information content (AvgIpc) is 3.41. The maximum Gasteiger partial charge on any atom is 0.113 e. The smallest absolute Gasteiger partial charge is 0.113 e. The van der Waals surface area contributed by atoms with E-state index in [1.807, 2.05) is 25.1 Å². The first-order chi connectivity index (χ1) is 14.3. The fourth-order valence-electron chi connectivity index (χ4n) is 4.19. The normalized spacial score (nSPS) is 30.1. The molecule has 0 bridgehead atoms. The van der Waals surface area contributed by atoms with Crippen LogP contribution in [0, 0.1) is 18.3 Å². The first-order valence-corrected chi connectivity index (χ1v) is 11.0. The van der Waals surface area contributed by atoms with Crippen molar-refractivity contribution in [1.82, 2.24) is 0 Å². The summed E-state index contributed by atoms with van der Waals surface area (Å²) in [6.07, 6.45) is -2.77. The number of hydrogen-bond acceptors (Lipinski definition) is 7. The van der Waals surface area contributed by atoms with Crippen LogP contribution in [0.4, 0.5) is 0 Å². The second-order valence-corrected chi connectivity index (χ2v) is 9.67. The molecule has 5 atom stereocenters. The van der Waals surface area contributed by atoms with Gasteiger partial charge in [-0.3, -0.25) is 0 Å². The van der Waals surface area contributed by atoms with Crippen molar-refractivity contribution in [2.24, 2.45) is 0 Å². The number of hydrogen-bond donors (Lipinski definition) is 4. The Bertz CT molecular complexity index is 976. The first-order valence-electron chi connectivity index (χ1n) is 10.2. The van der Waals surface area contributed by atoms with Crippen molar-refractivity contribution in [2.45, 2.75) is 75.7 Å². The van der Waals surface area contributed by atoms with Crippen molar-refractivity contribution in [3.8, 4) is 6.07 Å². The van der Waals surface area contributed by atoms with Crippen molar-refractivity contribution in [2.75, 3.05) is 0 Å². The minimum absolute atomic E-state index is 0.218. The number of rotatable bonds is 5. The van der Waals surface area contributed by atoms with Gasteiger partial charge in [0.25, 0.3) is 0 Å². The lowest BCUT2D eigenvalue weighted by atomic mass is 9.87. The summed E-state index contributed by atoms with van der Waals surface area (Å²) in [5, 5.41) is 50.0. The maximum absolute atomic E-state index is 10.5. The van der Waals surface area contributed by atoms with Crippen molar-refractivity contribution in [3.63, 3.8) is 0 Å². The zero-order valence-corrected chi connectivity index (χ0v) is 17.9. The Morgan fingerprint density at radius 2 is 1.87 bits per heavy atom. The Morgan fingerprint density at radius 3 is 2.50 bits per heavy atom. The molecule has 1 saturated carbocycles. The van der Waals surface area contributed by atoms with Gasteiger partial charge in [-0.05, 0) is 61.1 Å². The number of nitriles is 1. The van der Waals surface area contributed by atoms with Crippen LogP contribution in [0.3, 0.4) is 0 Å². The third kappa shape index (κ3) is 3.69. The zero-order chi connectivity index (χ0) is 21.6. The number of aliphatic hydroxyl groups excluding tert-OH is 4. The molecule has 6 nitrogen and oxygen atoms in total. The van der Waals surface area contributed by atoms with E-state index in [0.29, 0.717) is 17.5 Å². The van der Waals surface area contributed by atoms with Gasteiger partial charge in [0.2, 0.25) is 0 Å². The predicted molar refractivity (Wildman–Crippen MR) is 112 cm³/mol. The molecule has 4 N–H and O–H groups in total. The number of aliphatic hydroxyl groups is 4. The number of aryl methyl sites for hydroxylation is 1. The molecule has 2 fully saturated rings. The molecule has 0 unspecified atom stereocenters. The third-order valence-corrected chi connectivity index (χ3v) is 7.68. The van der Waals surface area contributed by atoms with Crippen LogP contribution < -0.4 is 0 Å². The Hall–Kier alpha value is -1.79. The summed E-state index contributed by atoms with van der Waals surface area (Å²) in [5.74, 6) is 0. The third-order valence-electron chi connectivity index (χ3n) is 6.39. The van der Waals surface area contributed by atoms with Gasteiger partial charge < -0.3 is 25.2 Å². The van der Waals surface area contributed by atoms with Crippen LogP contribution in [0.1, 0.15) is 57.9 Å². The standard InChI is InChI=1S/C23H27NO5S/c1-12-7-15(10-25)17(22-21(28)20(27)19(26)13(2)29-22)9-14(12)8-16-3-4-18(30-16)23(11-24)5-6-23/h3-4,7,9,13,19-22,25-28H,5-6,8,10H2,1-2H3/t13-,19-,20+,21-,22+/m1/s1. The lowest BCUT2D eigenvalue weighted by molar-refractivity contribution is -0.219. The topological polar surface area (TPSA) is 114 Å². The van der Waals surface area contributed by atoms with Gasteiger partial charge in [0.05, 0.1) is 24.2 Å². The van der Waals surface area contributed by atoms with Crippen molar-refractivity contribution in [1.29, 1.82) is 5.26 Å². The first kappa shape index (κ1) is 21.4. The number of nitrogens with zero attached hydrogens (tertiary/aromatic N) is 1. The minimum Gasteiger partial charge on any atom is -0.392 e. The molecule has 30 heavy (non-hydrogen) atoms. The second kappa shape index (κ2) is 8.04. The molecular formula is C23H27NO5S. The van der Waals surface area contributed by atoms with Gasteiger partial charge in [0.15, 0.2) is 0 Å². The minimum atomic E-state index is -1.32. The molecule has 0 radical (unpaired) electrons. The van der Waals surface area contributed by atoms with Crippen LogP contribution in [0.15, 0.2) is 24.3 Å². The number of benzene rings is 1. The highest BCUT2D eigenvalue weighted by atomic mass is 32.1. The summed E-state index contributed by atoms with van der Waals surface area (Å²) in [5.41, 5.74) is 3.00. The summed E-state index contributed by atoms with van der Waals surface area (Å²) in [6.45, 7) is 3.41. The highest BCUT2D eigenvalue weighted by molar-refractivity contribution is 7.12. The van der Waals surface area contributed by atoms with Crippen LogP contribution in [-0.4, -0.2) is 44.8 Å². The Kier molecular flexibility index (Phi) is 5.75. The van der Waals surface area contributed by atoms with Gasteiger partial charge in [-0.15, -0.1) is 11.3 Å². The molecule has 2 heterocycles. The highest BCUT2D eigenvalue weighted by Crippen LogP contribution is 2.50. The van der Waals surface area contributed by atoms with E-state index < -0.39 is 30.5 Å². The Balaban J connectivity index is 1.65. The van der Waals surface area contributed by atoms with E-state index in [1.165, 1.54) is 0 Å². The molecule has 1 saturated heterocycles. The van der Waals surface area contributed by atoms with Crippen molar-refractivity contribution >= 4 is 11.3 Å². The summed E-state index contributed by atoms with van der Waals surface area (Å²) < 4.78 is 5.82. The molecule has 1 aliphatic heterocycles. The van der Waals surface area contributed by atoms with Crippen LogP contribution >= 0.6 is 11.3 Å². The molecule has 1 aromatic heterocycles. The quantitative estimate of drug-likeness (QED) is 0.580. The highest BCUT2D eigenvalue weighted by Gasteiger charge is 2.46. The van der Waals surface area contributed by atoms with Gasteiger partial charge in [-0.2, -0.15) is 5.26 Å². The van der Waals surface area contributed by atoms with E-state index in [4.69, 9.17) is 4.74 Å². The van der Waals surface area contributed by atoms with Crippen molar-refractivity contribution < 1.29 is 25.2 Å². The Labute approximate surface area is 180 Å². The molecule has 160 valence electrons. The van der Waals surface area contributed by atoms with Gasteiger partial charge in [0, 0.05) is 16.2 Å². The second-order valence-electron chi connectivity index (χ2n) is 8.51. The summed E-state index contributed by atoms with van der Waals surface area (Å²) in [6, 6.07) is 10.3. The van der Waals surface area contributed by atoms with E-state index in [2.05, 4.69) is 12.1 Å². The maximum atomic E-state index is 10.5. The van der Waals surface area contributed by atoms with E-state index in [1.54, 1.807) is 18.3 Å². The zero-order valence-electron chi connectivity index (χ0n) is 17.1. The van der Waals surface area contributed by atoms with E-state index in [-0.39, 0.29) is 12.0 Å². The molecule has 7 heteroatoms. The number of ether oxygens (including phenoxy) is 1. The van der Waals surface area contributed by atoms with Gasteiger partial charge in [-0.1, -0.05) is 12.1 Å². The molecule has 1 aromatic carbocycles. The van der Waals surface area contributed by atoms with E-state index in [0.717, 1.165) is 33.7 Å². The van der Waals surface area contributed by atoms with Crippen LogP contribution in [-0.2, 0) is 23.2 Å². The molecule has 2 aliphatic rings. The van der Waals surface area contributed by atoms with Gasteiger partial charge in [0.1, 0.15) is 24.4 Å². The molecule has 1 aliphatic carbocycles.